The maximum Gasteiger partial charge on any atom is 0.257 e. The number of halogens is 1. The number of aromatic nitrogens is 1. The lowest BCUT2D eigenvalue weighted by Gasteiger charge is -2.36. The van der Waals surface area contributed by atoms with Crippen LogP contribution in [0.3, 0.4) is 0 Å². The molecule has 0 unspecified atom stereocenters. The number of nitrogens with zero attached hydrogens (tertiary/aromatic N) is 2. The third-order valence-electron chi connectivity index (χ3n) is 2.20. The molecule has 74 valence electrons. The van der Waals surface area contributed by atoms with E-state index in [0.29, 0.717) is 13.1 Å². The van der Waals surface area contributed by atoms with Crippen LogP contribution in [0.5, 0.6) is 0 Å². The number of hydrogen-bond acceptors (Lipinski definition) is 3. The van der Waals surface area contributed by atoms with Gasteiger partial charge in [-0.25, -0.2) is 4.39 Å². The number of carbonyl (C=O) groups is 1. The van der Waals surface area contributed by atoms with Crippen molar-refractivity contribution < 1.29 is 9.18 Å². The quantitative estimate of drug-likeness (QED) is 0.686. The molecule has 1 fully saturated rings. The smallest absolute Gasteiger partial charge is 0.257 e. The standard InChI is InChI=1S/C9H10FN3O/c10-8-3-12-2-1-7(8)9(14)13-4-6(11)5-13/h1-3,6H,4-5,11H2. The third-order valence-corrected chi connectivity index (χ3v) is 2.20. The number of nitrogens with two attached hydrogens (primary N) is 1. The maximum atomic E-state index is 13.1. The Morgan fingerprint density at radius 1 is 1.64 bits per heavy atom. The lowest BCUT2D eigenvalue weighted by molar-refractivity contribution is 0.0603. The van der Waals surface area contributed by atoms with Crippen LogP contribution in [-0.4, -0.2) is 34.9 Å². The molecule has 1 aromatic heterocycles. The first-order valence-electron chi connectivity index (χ1n) is 4.33. The van der Waals surface area contributed by atoms with Crippen molar-refractivity contribution in [2.24, 2.45) is 5.73 Å². The predicted octanol–water partition coefficient (Wildman–Crippen LogP) is 0.00380. The zero-order valence-corrected chi connectivity index (χ0v) is 7.48. The third kappa shape index (κ3) is 1.46. The highest BCUT2D eigenvalue weighted by molar-refractivity contribution is 5.94. The van der Waals surface area contributed by atoms with Crippen molar-refractivity contribution in [3.8, 4) is 0 Å². The summed E-state index contributed by atoms with van der Waals surface area (Å²) in [6.07, 6.45) is 2.43. The Labute approximate surface area is 80.5 Å². The molecule has 14 heavy (non-hydrogen) atoms. The molecule has 0 saturated carbocycles. The minimum absolute atomic E-state index is 0.0313. The monoisotopic (exact) mass is 195 g/mol. The number of carbonyl (C=O) groups excluding carboxylic acids is 1. The summed E-state index contributed by atoms with van der Waals surface area (Å²) in [7, 11) is 0. The summed E-state index contributed by atoms with van der Waals surface area (Å²) < 4.78 is 13.1. The predicted molar refractivity (Wildman–Crippen MR) is 48.1 cm³/mol. The highest BCUT2D eigenvalue weighted by Gasteiger charge is 2.29. The molecule has 2 rings (SSSR count). The molecule has 1 aliphatic rings. The first-order chi connectivity index (χ1) is 6.68. The van der Waals surface area contributed by atoms with E-state index in [-0.39, 0.29) is 17.5 Å². The van der Waals surface area contributed by atoms with E-state index < -0.39 is 5.82 Å². The topological polar surface area (TPSA) is 59.2 Å². The van der Waals surface area contributed by atoms with Crippen molar-refractivity contribution in [2.45, 2.75) is 6.04 Å². The van der Waals surface area contributed by atoms with Crippen molar-refractivity contribution in [3.63, 3.8) is 0 Å². The summed E-state index contributed by atoms with van der Waals surface area (Å²) in [5, 5.41) is 0. The van der Waals surface area contributed by atoms with Crippen LogP contribution in [0.15, 0.2) is 18.5 Å². The second kappa shape index (κ2) is 3.34. The normalized spacial score (nSPS) is 16.6. The number of amides is 1. The van der Waals surface area contributed by atoms with Crippen LogP contribution in [0.1, 0.15) is 10.4 Å². The van der Waals surface area contributed by atoms with Crippen molar-refractivity contribution in [3.05, 3.63) is 29.8 Å². The molecular formula is C9H10FN3O. The van der Waals surface area contributed by atoms with Gasteiger partial charge < -0.3 is 10.6 Å². The van der Waals surface area contributed by atoms with E-state index in [1.165, 1.54) is 17.2 Å². The molecule has 0 bridgehead atoms. The van der Waals surface area contributed by atoms with Gasteiger partial charge in [0.1, 0.15) is 0 Å². The van der Waals surface area contributed by atoms with E-state index in [0.717, 1.165) is 6.20 Å². The van der Waals surface area contributed by atoms with Gasteiger partial charge in [-0.15, -0.1) is 0 Å². The van der Waals surface area contributed by atoms with Crippen LogP contribution in [0, 0.1) is 5.82 Å². The Morgan fingerprint density at radius 2 is 2.36 bits per heavy atom. The average molecular weight is 195 g/mol. The van der Waals surface area contributed by atoms with E-state index in [1.54, 1.807) is 0 Å². The molecule has 1 aromatic rings. The molecule has 0 radical (unpaired) electrons. The van der Waals surface area contributed by atoms with Gasteiger partial charge in [0.05, 0.1) is 11.8 Å². The van der Waals surface area contributed by atoms with E-state index in [9.17, 15) is 9.18 Å². The van der Waals surface area contributed by atoms with Gasteiger partial charge in [0.2, 0.25) is 0 Å². The Balaban J connectivity index is 2.16. The van der Waals surface area contributed by atoms with Gasteiger partial charge in [0.25, 0.3) is 5.91 Å². The molecule has 0 atom stereocenters. The van der Waals surface area contributed by atoms with Gasteiger partial charge in [-0.3, -0.25) is 9.78 Å². The Kier molecular flexibility index (Phi) is 2.17. The molecule has 0 aliphatic carbocycles. The summed E-state index contributed by atoms with van der Waals surface area (Å²) in [6, 6.07) is 1.41. The fraction of sp³-hybridized carbons (Fsp3) is 0.333. The minimum Gasteiger partial charge on any atom is -0.335 e. The van der Waals surface area contributed by atoms with E-state index in [4.69, 9.17) is 5.73 Å². The summed E-state index contributed by atoms with van der Waals surface area (Å²) in [5.74, 6) is -0.899. The van der Waals surface area contributed by atoms with Gasteiger partial charge in [-0.05, 0) is 6.07 Å². The zero-order chi connectivity index (χ0) is 10.1. The van der Waals surface area contributed by atoms with Crippen LogP contribution >= 0.6 is 0 Å². The second-order valence-corrected chi connectivity index (χ2v) is 3.33. The lowest BCUT2D eigenvalue weighted by atomic mass is 10.1. The number of hydrogen-bond donors (Lipinski definition) is 1. The maximum absolute atomic E-state index is 13.1. The van der Waals surface area contributed by atoms with Gasteiger partial charge in [-0.1, -0.05) is 0 Å². The minimum atomic E-state index is -0.585. The fourth-order valence-electron chi connectivity index (χ4n) is 1.40. The molecule has 1 aliphatic heterocycles. The van der Waals surface area contributed by atoms with Crippen LogP contribution in [0.2, 0.25) is 0 Å². The van der Waals surface area contributed by atoms with E-state index >= 15 is 0 Å². The Hall–Kier alpha value is -1.49. The van der Waals surface area contributed by atoms with Crippen molar-refractivity contribution in [2.75, 3.05) is 13.1 Å². The van der Waals surface area contributed by atoms with E-state index in [1.807, 2.05) is 0 Å². The SMILES string of the molecule is NC1CN(C(=O)c2ccncc2F)C1. The van der Waals surface area contributed by atoms with Gasteiger partial charge in [0.15, 0.2) is 5.82 Å². The molecule has 4 nitrogen and oxygen atoms in total. The number of pyridine rings is 1. The summed E-state index contributed by atoms with van der Waals surface area (Å²) in [6.45, 7) is 1.00. The molecular weight excluding hydrogens is 185 g/mol. The highest BCUT2D eigenvalue weighted by atomic mass is 19.1. The molecule has 2 heterocycles. The average Bonchev–Trinajstić information content (AvgIpc) is 2.13. The van der Waals surface area contributed by atoms with Gasteiger partial charge in [-0.2, -0.15) is 0 Å². The number of likely N-dealkylation sites (tertiary alicyclic amines) is 1. The fourth-order valence-corrected chi connectivity index (χ4v) is 1.40. The summed E-state index contributed by atoms with van der Waals surface area (Å²) in [4.78, 5) is 16.7. The lowest BCUT2D eigenvalue weighted by Crippen LogP contribution is -2.57. The van der Waals surface area contributed by atoms with Crippen LogP contribution in [-0.2, 0) is 0 Å². The van der Waals surface area contributed by atoms with Crippen molar-refractivity contribution in [1.82, 2.24) is 9.88 Å². The molecule has 1 amide bonds. The molecule has 0 spiro atoms. The summed E-state index contributed by atoms with van der Waals surface area (Å²) in [5.41, 5.74) is 5.58. The molecule has 2 N–H and O–H groups in total. The Bertz CT molecular complexity index is 363. The molecule has 1 saturated heterocycles. The van der Waals surface area contributed by atoms with Gasteiger partial charge in [0, 0.05) is 25.3 Å². The second-order valence-electron chi connectivity index (χ2n) is 3.33. The van der Waals surface area contributed by atoms with Crippen LogP contribution in [0.25, 0.3) is 0 Å². The zero-order valence-electron chi connectivity index (χ0n) is 7.48. The largest absolute Gasteiger partial charge is 0.335 e. The molecule has 5 heteroatoms. The first kappa shape index (κ1) is 9.08. The van der Waals surface area contributed by atoms with Crippen LogP contribution in [0.4, 0.5) is 4.39 Å². The first-order valence-corrected chi connectivity index (χ1v) is 4.33. The van der Waals surface area contributed by atoms with Crippen molar-refractivity contribution in [1.29, 1.82) is 0 Å². The Morgan fingerprint density at radius 3 is 2.93 bits per heavy atom. The number of rotatable bonds is 1. The summed E-state index contributed by atoms with van der Waals surface area (Å²) >= 11 is 0. The van der Waals surface area contributed by atoms with Gasteiger partial charge >= 0.3 is 0 Å². The van der Waals surface area contributed by atoms with E-state index in [2.05, 4.69) is 4.98 Å². The highest BCUT2D eigenvalue weighted by Crippen LogP contribution is 2.13. The van der Waals surface area contributed by atoms with Crippen LogP contribution < -0.4 is 5.73 Å². The molecule has 0 aromatic carbocycles. The van der Waals surface area contributed by atoms with Crippen molar-refractivity contribution >= 4 is 5.91 Å².